The number of hydrogen-bond donors (Lipinski definition) is 0. The maximum atomic E-state index is 5.88. The van der Waals surface area contributed by atoms with Crippen LogP contribution in [0.1, 0.15) is 109 Å². The van der Waals surface area contributed by atoms with Crippen molar-refractivity contribution in [3.8, 4) is 5.75 Å². The van der Waals surface area contributed by atoms with Gasteiger partial charge in [-0.25, -0.2) is 0 Å². The quantitative estimate of drug-likeness (QED) is 0.129. The maximum absolute atomic E-state index is 5.88. The molecule has 0 spiro atoms. The van der Waals surface area contributed by atoms with Crippen LogP contribution in [0.5, 0.6) is 5.75 Å². The molecule has 1 aromatic carbocycles. The van der Waals surface area contributed by atoms with Gasteiger partial charge < -0.3 is 9.47 Å². The molecule has 2 heteroatoms. The lowest BCUT2D eigenvalue weighted by atomic mass is 10.0. The summed E-state index contributed by atoms with van der Waals surface area (Å²) < 4.78 is 11.3. The van der Waals surface area contributed by atoms with Gasteiger partial charge in [-0.2, -0.15) is 0 Å². The number of ether oxygens (including phenoxy) is 2. The number of aryl methyl sites for hydroxylation is 1. The van der Waals surface area contributed by atoms with Crippen molar-refractivity contribution in [1.29, 1.82) is 0 Å². The van der Waals surface area contributed by atoms with Gasteiger partial charge in [0.05, 0.1) is 6.61 Å². The lowest BCUT2D eigenvalue weighted by Gasteiger charge is -2.10. The second-order valence-electron chi connectivity index (χ2n) is 9.36. The van der Waals surface area contributed by atoms with Crippen LogP contribution in [0.15, 0.2) is 36.4 Å². The predicted molar refractivity (Wildman–Crippen MR) is 129 cm³/mol. The second-order valence-corrected chi connectivity index (χ2v) is 9.36. The second kappa shape index (κ2) is 15.5. The normalized spacial score (nSPS) is 18.2. The van der Waals surface area contributed by atoms with E-state index in [1.165, 1.54) is 102 Å². The average Bonchev–Trinajstić information content (AvgIpc) is 3.50. The Bertz CT molecular complexity index is 574. The zero-order valence-electron chi connectivity index (χ0n) is 19.8. The minimum absolute atomic E-state index is 0.0402. The minimum atomic E-state index is -0.0402. The van der Waals surface area contributed by atoms with Crippen molar-refractivity contribution in [2.75, 3.05) is 13.2 Å². The predicted octanol–water partition coefficient (Wildman–Crippen LogP) is 8.43. The smallest absolute Gasteiger partial charge is 0.123 e. The van der Waals surface area contributed by atoms with Crippen molar-refractivity contribution in [2.24, 2.45) is 0 Å². The summed E-state index contributed by atoms with van der Waals surface area (Å²) in [6, 6.07) is 8.60. The van der Waals surface area contributed by atoms with Crippen LogP contribution in [-0.2, 0) is 11.2 Å². The summed E-state index contributed by atoms with van der Waals surface area (Å²) >= 11 is 0. The fourth-order valence-electron chi connectivity index (χ4n) is 3.82. The fraction of sp³-hybridized carbons (Fsp3) is 0.714. The molecule has 1 saturated heterocycles. The summed E-state index contributed by atoms with van der Waals surface area (Å²) in [5, 5.41) is 0. The highest BCUT2D eigenvalue weighted by Gasteiger charge is 2.40. The van der Waals surface area contributed by atoms with E-state index in [9.17, 15) is 0 Å². The number of epoxide rings is 1. The Morgan fingerprint density at radius 1 is 0.867 bits per heavy atom. The number of allylic oxidation sites excluding steroid dienone is 2. The fourth-order valence-corrected chi connectivity index (χ4v) is 3.82. The van der Waals surface area contributed by atoms with Gasteiger partial charge in [-0.15, -0.1) is 0 Å². The zero-order valence-corrected chi connectivity index (χ0v) is 19.8. The van der Waals surface area contributed by atoms with E-state index in [2.05, 4.69) is 50.3 Å². The molecule has 1 unspecified atom stereocenters. The van der Waals surface area contributed by atoms with Gasteiger partial charge in [-0.05, 0) is 56.7 Å². The van der Waals surface area contributed by atoms with E-state index < -0.39 is 0 Å². The first-order valence-electron chi connectivity index (χ1n) is 12.7. The van der Waals surface area contributed by atoms with E-state index in [0.29, 0.717) is 6.61 Å². The Morgan fingerprint density at radius 3 is 2.10 bits per heavy atom. The third kappa shape index (κ3) is 12.4. The number of benzene rings is 1. The Labute approximate surface area is 186 Å². The molecular weight excluding hydrogens is 368 g/mol. The highest BCUT2D eigenvalue weighted by Crippen LogP contribution is 2.27. The van der Waals surface area contributed by atoms with Gasteiger partial charge in [0, 0.05) is 0 Å². The van der Waals surface area contributed by atoms with E-state index in [0.717, 1.165) is 12.4 Å². The molecular formula is C28H46O2. The van der Waals surface area contributed by atoms with E-state index in [1.807, 2.05) is 0 Å². The first-order valence-corrected chi connectivity index (χ1v) is 12.7. The van der Waals surface area contributed by atoms with E-state index in [-0.39, 0.29) is 5.60 Å². The summed E-state index contributed by atoms with van der Waals surface area (Å²) in [5.41, 5.74) is 1.36. The highest BCUT2D eigenvalue weighted by molar-refractivity contribution is 5.28. The third-order valence-corrected chi connectivity index (χ3v) is 6.04. The zero-order chi connectivity index (χ0) is 21.3. The highest BCUT2D eigenvalue weighted by atomic mass is 16.6. The molecule has 0 N–H and O–H groups in total. The molecule has 2 rings (SSSR count). The summed E-state index contributed by atoms with van der Waals surface area (Å²) in [6.45, 7) is 5.83. The Hall–Kier alpha value is -1.28. The molecule has 2 nitrogen and oxygen atoms in total. The average molecular weight is 415 g/mol. The Balaban J connectivity index is 1.36. The Morgan fingerprint density at radius 2 is 1.47 bits per heavy atom. The molecule has 1 aliphatic heterocycles. The van der Waals surface area contributed by atoms with Crippen molar-refractivity contribution < 1.29 is 9.47 Å². The van der Waals surface area contributed by atoms with Crippen molar-refractivity contribution >= 4 is 0 Å². The monoisotopic (exact) mass is 414 g/mol. The van der Waals surface area contributed by atoms with Crippen molar-refractivity contribution in [3.63, 3.8) is 0 Å². The summed E-state index contributed by atoms with van der Waals surface area (Å²) in [6.07, 6.45) is 25.1. The number of rotatable bonds is 19. The summed E-state index contributed by atoms with van der Waals surface area (Å²) in [4.78, 5) is 0. The molecule has 0 bridgehead atoms. The van der Waals surface area contributed by atoms with Crippen LogP contribution in [0, 0.1) is 0 Å². The molecule has 170 valence electrons. The SMILES string of the molecule is CCC/C=C/CCCCCCCCCCCCCc1cccc(OCC2(C)CO2)c1. The van der Waals surface area contributed by atoms with Crippen LogP contribution in [0.25, 0.3) is 0 Å². The van der Waals surface area contributed by atoms with Crippen LogP contribution < -0.4 is 4.74 Å². The van der Waals surface area contributed by atoms with Crippen molar-refractivity contribution in [2.45, 2.75) is 116 Å². The third-order valence-electron chi connectivity index (χ3n) is 6.04. The molecule has 1 heterocycles. The Kier molecular flexibility index (Phi) is 12.9. The van der Waals surface area contributed by atoms with Crippen LogP contribution in [0.4, 0.5) is 0 Å². The van der Waals surface area contributed by atoms with E-state index in [1.54, 1.807) is 0 Å². The molecule has 1 aliphatic rings. The standard InChI is InChI=1S/C28H46O2/c1-3-4-5-6-7-8-9-10-11-12-13-14-15-16-17-18-20-26-21-19-22-27(23-26)29-24-28(2)25-30-28/h5-6,19,21-23H,3-4,7-18,20,24-25H2,1-2H3/b6-5+. The van der Waals surface area contributed by atoms with Crippen molar-refractivity contribution in [1.82, 2.24) is 0 Å². The molecule has 0 aliphatic carbocycles. The van der Waals surface area contributed by atoms with Gasteiger partial charge in [0.2, 0.25) is 0 Å². The van der Waals surface area contributed by atoms with Crippen LogP contribution >= 0.6 is 0 Å². The molecule has 0 saturated carbocycles. The van der Waals surface area contributed by atoms with Gasteiger partial charge >= 0.3 is 0 Å². The summed E-state index contributed by atoms with van der Waals surface area (Å²) in [5.74, 6) is 0.984. The van der Waals surface area contributed by atoms with Crippen LogP contribution in [0.3, 0.4) is 0 Å². The largest absolute Gasteiger partial charge is 0.490 e. The van der Waals surface area contributed by atoms with Crippen molar-refractivity contribution in [3.05, 3.63) is 42.0 Å². The van der Waals surface area contributed by atoms with Gasteiger partial charge in [0.25, 0.3) is 0 Å². The molecule has 0 aromatic heterocycles. The lowest BCUT2D eigenvalue weighted by molar-refractivity contribution is 0.202. The number of hydrogen-bond acceptors (Lipinski definition) is 2. The minimum Gasteiger partial charge on any atom is -0.490 e. The molecule has 1 fully saturated rings. The van der Waals surface area contributed by atoms with E-state index in [4.69, 9.17) is 9.47 Å². The topological polar surface area (TPSA) is 21.8 Å². The lowest BCUT2D eigenvalue weighted by Crippen LogP contribution is -2.16. The van der Waals surface area contributed by atoms with Crippen LogP contribution in [-0.4, -0.2) is 18.8 Å². The molecule has 0 radical (unpaired) electrons. The maximum Gasteiger partial charge on any atom is 0.123 e. The molecule has 1 atom stereocenters. The van der Waals surface area contributed by atoms with Crippen LogP contribution in [0.2, 0.25) is 0 Å². The first kappa shape index (κ1) is 25.0. The summed E-state index contributed by atoms with van der Waals surface area (Å²) in [7, 11) is 0. The van der Waals surface area contributed by atoms with Gasteiger partial charge in [0.1, 0.15) is 18.0 Å². The number of unbranched alkanes of at least 4 members (excludes halogenated alkanes) is 12. The van der Waals surface area contributed by atoms with E-state index >= 15 is 0 Å². The molecule has 0 amide bonds. The molecule has 1 aromatic rings. The van der Waals surface area contributed by atoms with Gasteiger partial charge in [0.15, 0.2) is 0 Å². The van der Waals surface area contributed by atoms with Gasteiger partial charge in [-0.1, -0.05) is 95.4 Å². The molecule has 30 heavy (non-hydrogen) atoms. The first-order chi connectivity index (χ1) is 14.7. The van der Waals surface area contributed by atoms with Gasteiger partial charge in [-0.3, -0.25) is 0 Å².